The Morgan fingerprint density at radius 3 is 1.12 bits per heavy atom. The molecule has 0 unspecified atom stereocenters. The monoisotopic (exact) mass is 782 g/mol. The molecule has 0 aromatic heterocycles. The van der Waals surface area contributed by atoms with E-state index in [-0.39, 0.29) is 46.5 Å². The second-order valence-electron chi connectivity index (χ2n) is 17.3. The maximum atomic E-state index is 2.99. The van der Waals surface area contributed by atoms with Crippen LogP contribution in [0.3, 0.4) is 0 Å². The summed E-state index contributed by atoms with van der Waals surface area (Å²) in [5.41, 5.74) is 9.11. The van der Waals surface area contributed by atoms with Crippen molar-refractivity contribution >= 4 is 49.6 Å². The van der Waals surface area contributed by atoms with Crippen LogP contribution in [0.5, 0.6) is 0 Å². The van der Waals surface area contributed by atoms with E-state index in [2.05, 4.69) is 186 Å². The third kappa shape index (κ3) is 11.5. The van der Waals surface area contributed by atoms with Gasteiger partial charge in [0.15, 0.2) is 0 Å². The van der Waals surface area contributed by atoms with Gasteiger partial charge in [0.1, 0.15) is 0 Å². The van der Waals surface area contributed by atoms with Crippen molar-refractivity contribution < 1.29 is 24.2 Å². The second-order valence-corrected chi connectivity index (χ2v) is 18.5. The minimum Gasteiger partial charge on any atom is -0.273 e. The number of hydrogen-bond donors (Lipinski definition) is 0. The van der Waals surface area contributed by atoms with Crippen LogP contribution >= 0.6 is 24.8 Å². The van der Waals surface area contributed by atoms with Crippen molar-refractivity contribution in [3.8, 4) is 0 Å². The van der Waals surface area contributed by atoms with E-state index in [1.54, 1.807) is 0 Å². The van der Waals surface area contributed by atoms with Crippen molar-refractivity contribution in [2.75, 3.05) is 0 Å². The molecule has 0 saturated carbocycles. The van der Waals surface area contributed by atoms with Crippen LogP contribution in [0.15, 0.2) is 109 Å². The summed E-state index contributed by atoms with van der Waals surface area (Å²) in [4.78, 5) is 0. The molecule has 6 rings (SSSR count). The molecule has 1 aliphatic rings. The molecule has 0 radical (unpaired) electrons. The molecule has 0 spiro atoms. The zero-order valence-corrected chi connectivity index (χ0v) is 36.5. The number of benzene rings is 4. The molecule has 3 heteroatoms. The van der Waals surface area contributed by atoms with Gasteiger partial charge in [0.25, 0.3) is 0 Å². The van der Waals surface area contributed by atoms with Crippen LogP contribution in [0, 0.1) is 6.08 Å². The van der Waals surface area contributed by atoms with Crippen LogP contribution < -0.4 is 0 Å². The number of halogens is 2. The van der Waals surface area contributed by atoms with E-state index in [0.29, 0.717) is 0 Å². The van der Waals surface area contributed by atoms with E-state index in [0.717, 1.165) is 6.42 Å². The maximum Gasteiger partial charge on any atom is -0.0202 e. The normalized spacial score (nSPS) is 12.8. The van der Waals surface area contributed by atoms with Crippen molar-refractivity contribution in [2.24, 2.45) is 0 Å². The Kier molecular flexibility index (Phi) is 15.2. The molecule has 5 aromatic carbocycles. The first-order valence-electron chi connectivity index (χ1n) is 17.4. The van der Waals surface area contributed by atoms with Crippen LogP contribution in [0.1, 0.15) is 123 Å². The molecule has 0 heterocycles. The predicted octanol–water partition coefficient (Wildman–Crippen LogP) is 13.9. The molecule has 0 atom stereocenters. The van der Waals surface area contributed by atoms with Gasteiger partial charge in [0.05, 0.1) is 0 Å². The van der Waals surface area contributed by atoms with Gasteiger partial charge in [-0.2, -0.15) is 6.08 Å². The Morgan fingerprint density at radius 1 is 0.520 bits per heavy atom. The van der Waals surface area contributed by atoms with Crippen molar-refractivity contribution in [2.45, 2.75) is 111 Å². The first kappa shape index (κ1) is 43.7. The molecule has 1 aliphatic carbocycles. The van der Waals surface area contributed by atoms with Gasteiger partial charge in [-0.25, -0.2) is 12.2 Å². The van der Waals surface area contributed by atoms with Crippen molar-refractivity contribution in [3.63, 3.8) is 0 Å². The molecule has 0 bridgehead atoms. The average molecular weight is 785 g/mol. The van der Waals surface area contributed by atoms with E-state index in [9.17, 15) is 0 Å². The Labute approximate surface area is 331 Å². The summed E-state index contributed by atoms with van der Waals surface area (Å²) in [6.07, 6.45) is 10.0. The van der Waals surface area contributed by atoms with E-state index in [1.807, 2.05) is 12.2 Å². The van der Waals surface area contributed by atoms with E-state index < -0.39 is 0 Å². The molecule has 0 fully saturated rings. The van der Waals surface area contributed by atoms with Gasteiger partial charge in [-0.1, -0.05) is 76.9 Å². The summed E-state index contributed by atoms with van der Waals surface area (Å²) in [5, 5.41) is 5.48. The zero-order valence-electron chi connectivity index (χ0n) is 32.4. The Morgan fingerprint density at radius 2 is 0.860 bits per heavy atom. The molecular weight excluding hydrogens is 727 g/mol. The van der Waals surface area contributed by atoms with Gasteiger partial charge < -0.3 is 0 Å². The summed E-state index contributed by atoms with van der Waals surface area (Å²) in [6, 6.07) is 34.3. The van der Waals surface area contributed by atoms with Crippen LogP contribution in [0.25, 0.3) is 21.5 Å². The minimum atomic E-state index is 0. The molecule has 0 saturated heterocycles. The van der Waals surface area contributed by atoms with Gasteiger partial charge in [0, 0.05) is 0 Å². The molecule has 50 heavy (non-hydrogen) atoms. The first-order chi connectivity index (χ1) is 22.2. The molecule has 5 aromatic rings. The minimum absolute atomic E-state index is 0. The Balaban J connectivity index is 0.000000293. The van der Waals surface area contributed by atoms with Gasteiger partial charge in [-0.3, -0.25) is 6.08 Å². The summed E-state index contributed by atoms with van der Waals surface area (Å²) in [6.45, 7) is 27.2. The van der Waals surface area contributed by atoms with Gasteiger partial charge >= 0.3 is 151 Å². The quantitative estimate of drug-likeness (QED) is 0.156. The van der Waals surface area contributed by atoms with E-state index >= 15 is 0 Å². The van der Waals surface area contributed by atoms with Crippen LogP contribution in [-0.2, 0) is 45.9 Å². The Hall–Kier alpha value is -2.44. The molecule has 0 aliphatic heterocycles. The molecule has 264 valence electrons. The van der Waals surface area contributed by atoms with E-state index in [4.69, 9.17) is 0 Å². The van der Waals surface area contributed by atoms with Gasteiger partial charge in [-0.05, 0) is 10.8 Å². The third-order valence-corrected chi connectivity index (χ3v) is 10.5. The fraction of sp³-hybridized carbons (Fsp3) is 0.362. The number of hydrogen-bond acceptors (Lipinski definition) is 0. The molecule has 0 amide bonds. The predicted molar refractivity (Wildman–Crippen MR) is 224 cm³/mol. The molecular formula is C47H58Cl2Zr. The summed E-state index contributed by atoms with van der Waals surface area (Å²) in [5.74, 6) is 0. The number of rotatable bonds is 2. The van der Waals surface area contributed by atoms with Gasteiger partial charge in [-0.15, -0.1) is 71.0 Å². The topological polar surface area (TPSA) is 0 Å². The van der Waals surface area contributed by atoms with Crippen molar-refractivity contribution in [1.82, 2.24) is 0 Å². The fourth-order valence-corrected chi connectivity index (χ4v) is 6.56. The van der Waals surface area contributed by atoms with E-state index in [1.165, 1.54) is 82.4 Å². The first-order valence-corrected chi connectivity index (χ1v) is 18.6. The fourth-order valence-electron chi connectivity index (χ4n) is 5.74. The largest absolute Gasteiger partial charge is 0.273 e. The second kappa shape index (κ2) is 17.4. The number of allylic oxidation sites excluding steroid dienone is 4. The SMILES string of the molecule is CC(C)(C)c1ccc([C](=[Zr+2])c2ccc(C(C)(C)C)cc2)cc1.CC(C)(C)c1ccc2c(c1)[cH-]c1cc(C(C)(C)C)ccc12.Cl.Cl.[C-]1=CC=CC1. The smallest absolute Gasteiger partial charge is 0.0202 e. The number of fused-ring (bicyclic) bond motifs is 3. The third-order valence-electron chi connectivity index (χ3n) is 9.10. The summed E-state index contributed by atoms with van der Waals surface area (Å²) in [7, 11) is 0. The summed E-state index contributed by atoms with van der Waals surface area (Å²) >= 11 is 1.46. The standard InChI is InChI=1S/C21H25.C21H26.C5H5.2ClH.Zr/c1-20(2,3)16-7-9-18-14(12-16)11-15-13-17(21(4,5)6)8-10-19(15)18;1-20(2,3)18-11-7-16(8-12-18)15-17-9-13-19(14-10-17)21(4,5)6;1-2-4-5-3-1;;;/h7-13H,1-6H3;7-14H,1-6H3;1-3H,4H2;2*1H;/q-1;;-1;;;+2. The van der Waals surface area contributed by atoms with Crippen LogP contribution in [0.2, 0.25) is 0 Å². The Bertz CT molecular complexity index is 1770. The van der Waals surface area contributed by atoms with Crippen LogP contribution in [0.4, 0.5) is 0 Å². The van der Waals surface area contributed by atoms with Crippen LogP contribution in [-0.4, -0.2) is 3.21 Å². The maximum absolute atomic E-state index is 2.99. The molecule has 0 nitrogen and oxygen atoms in total. The average Bonchev–Trinajstić information content (AvgIpc) is 3.71. The van der Waals surface area contributed by atoms with Crippen molar-refractivity contribution in [1.29, 1.82) is 0 Å². The van der Waals surface area contributed by atoms with Crippen molar-refractivity contribution in [3.05, 3.63) is 149 Å². The zero-order chi connectivity index (χ0) is 35.5. The molecule has 0 N–H and O–H groups in total. The van der Waals surface area contributed by atoms with Gasteiger partial charge in [0.2, 0.25) is 0 Å². The summed E-state index contributed by atoms with van der Waals surface area (Å²) < 4.78 is 1.42.